The van der Waals surface area contributed by atoms with Gasteiger partial charge in [-0.25, -0.2) is 17.8 Å². The third-order valence-corrected chi connectivity index (χ3v) is 5.88. The van der Waals surface area contributed by atoms with Crippen LogP contribution in [-0.2, 0) is 10.0 Å². The predicted octanol–water partition coefficient (Wildman–Crippen LogP) is 3.40. The monoisotopic (exact) mass is 340 g/mol. The molecule has 22 heavy (non-hydrogen) atoms. The topological polar surface area (TPSA) is 50.3 Å². The van der Waals surface area contributed by atoms with Gasteiger partial charge in [0.05, 0.1) is 6.04 Å². The zero-order valence-electron chi connectivity index (χ0n) is 11.6. The first-order chi connectivity index (χ1) is 10.5. The van der Waals surface area contributed by atoms with E-state index in [0.29, 0.717) is 13.0 Å². The predicted molar refractivity (Wildman–Crippen MR) is 81.5 cm³/mol. The normalized spacial score (nSPS) is 19.5. The van der Waals surface area contributed by atoms with Crippen molar-refractivity contribution in [1.82, 2.24) is 9.29 Å². The van der Waals surface area contributed by atoms with Gasteiger partial charge in [0.2, 0.25) is 10.0 Å². The van der Waals surface area contributed by atoms with Crippen molar-refractivity contribution < 1.29 is 12.8 Å². The minimum Gasteiger partial charge on any atom is -0.243 e. The average Bonchev–Trinajstić information content (AvgIpc) is 2.99. The van der Waals surface area contributed by atoms with E-state index in [4.69, 9.17) is 11.6 Å². The summed E-state index contributed by atoms with van der Waals surface area (Å²) in [5.41, 5.74) is 0.796. The zero-order chi connectivity index (χ0) is 15.7. The molecule has 1 aromatic carbocycles. The van der Waals surface area contributed by atoms with Gasteiger partial charge in [-0.1, -0.05) is 23.7 Å². The molecule has 0 bridgehead atoms. The fourth-order valence-electron chi connectivity index (χ4n) is 2.70. The third kappa shape index (κ3) is 2.86. The maximum atomic E-state index is 13.1. The molecule has 3 rings (SSSR count). The lowest BCUT2D eigenvalue weighted by molar-refractivity contribution is 0.396. The minimum absolute atomic E-state index is 0.117. The lowest BCUT2D eigenvalue weighted by atomic mass is 10.1. The molecular formula is C15H14ClFN2O2S. The van der Waals surface area contributed by atoms with Gasteiger partial charge in [0.25, 0.3) is 0 Å². The highest BCUT2D eigenvalue weighted by molar-refractivity contribution is 7.89. The lowest BCUT2D eigenvalue weighted by Crippen LogP contribution is -2.30. The first kappa shape index (κ1) is 15.4. The molecule has 7 heteroatoms. The molecule has 2 aromatic rings. The van der Waals surface area contributed by atoms with Crippen LogP contribution in [-0.4, -0.2) is 24.3 Å². The molecule has 1 atom stereocenters. The van der Waals surface area contributed by atoms with E-state index in [1.807, 2.05) is 0 Å². The Bertz CT molecular complexity index is 763. The Morgan fingerprint density at radius 3 is 2.55 bits per heavy atom. The highest BCUT2D eigenvalue weighted by atomic mass is 35.5. The molecule has 1 unspecified atom stereocenters. The second-order valence-corrected chi connectivity index (χ2v) is 7.42. The highest BCUT2D eigenvalue weighted by Crippen LogP contribution is 2.36. The number of halogens is 2. The van der Waals surface area contributed by atoms with Crippen LogP contribution in [0.5, 0.6) is 0 Å². The first-order valence-corrected chi connectivity index (χ1v) is 8.69. The van der Waals surface area contributed by atoms with Crippen LogP contribution >= 0.6 is 11.6 Å². The number of benzene rings is 1. The Hall–Kier alpha value is -1.50. The van der Waals surface area contributed by atoms with Crippen molar-refractivity contribution in [1.29, 1.82) is 0 Å². The largest absolute Gasteiger partial charge is 0.245 e. The van der Waals surface area contributed by atoms with E-state index >= 15 is 0 Å². The van der Waals surface area contributed by atoms with E-state index in [1.54, 1.807) is 12.1 Å². The summed E-state index contributed by atoms with van der Waals surface area (Å²) in [6, 6.07) is 8.59. The second kappa shape index (κ2) is 5.95. The molecule has 2 heterocycles. The quantitative estimate of drug-likeness (QED) is 0.805. The highest BCUT2D eigenvalue weighted by Gasteiger charge is 2.36. The summed E-state index contributed by atoms with van der Waals surface area (Å²) in [6.45, 7) is 0.438. The zero-order valence-corrected chi connectivity index (χ0v) is 13.2. The van der Waals surface area contributed by atoms with Crippen LogP contribution in [0.3, 0.4) is 0 Å². The van der Waals surface area contributed by atoms with E-state index in [-0.39, 0.29) is 21.9 Å². The van der Waals surface area contributed by atoms with Crippen molar-refractivity contribution in [3.8, 4) is 0 Å². The average molecular weight is 341 g/mol. The summed E-state index contributed by atoms with van der Waals surface area (Å²) in [4.78, 5) is 3.95. The van der Waals surface area contributed by atoms with Crippen molar-refractivity contribution in [3.63, 3.8) is 0 Å². The van der Waals surface area contributed by atoms with Crippen molar-refractivity contribution in [2.45, 2.75) is 23.8 Å². The molecule has 4 nitrogen and oxygen atoms in total. The molecule has 1 aliphatic rings. The molecule has 0 spiro atoms. The number of sulfonamides is 1. The van der Waals surface area contributed by atoms with Gasteiger partial charge in [-0.05, 0) is 42.7 Å². The van der Waals surface area contributed by atoms with Gasteiger partial charge >= 0.3 is 0 Å². The number of nitrogens with zero attached hydrogens (tertiary/aromatic N) is 2. The Morgan fingerprint density at radius 1 is 1.18 bits per heavy atom. The smallest absolute Gasteiger partial charge is 0.243 e. The summed E-state index contributed by atoms with van der Waals surface area (Å²) >= 11 is 5.71. The molecule has 1 fully saturated rings. The van der Waals surface area contributed by atoms with Gasteiger partial charge < -0.3 is 0 Å². The fourth-order valence-corrected chi connectivity index (χ4v) is 4.44. The van der Waals surface area contributed by atoms with Gasteiger partial charge in [-0.2, -0.15) is 4.31 Å². The molecule has 0 saturated carbocycles. The molecule has 1 aliphatic heterocycles. The van der Waals surface area contributed by atoms with Gasteiger partial charge in [0.15, 0.2) is 0 Å². The molecule has 0 radical (unpaired) electrons. The third-order valence-electron chi connectivity index (χ3n) is 3.77. The summed E-state index contributed by atoms with van der Waals surface area (Å²) in [6.07, 6.45) is 2.74. The van der Waals surface area contributed by atoms with E-state index in [0.717, 1.165) is 12.0 Å². The maximum absolute atomic E-state index is 13.1. The van der Waals surface area contributed by atoms with Crippen molar-refractivity contribution >= 4 is 21.6 Å². The van der Waals surface area contributed by atoms with Crippen LogP contribution in [0.1, 0.15) is 24.4 Å². The minimum atomic E-state index is -3.64. The first-order valence-electron chi connectivity index (χ1n) is 6.87. The van der Waals surface area contributed by atoms with Crippen LogP contribution in [0.15, 0.2) is 47.5 Å². The van der Waals surface area contributed by atoms with Crippen molar-refractivity contribution in [2.24, 2.45) is 0 Å². The van der Waals surface area contributed by atoms with E-state index in [2.05, 4.69) is 4.98 Å². The summed E-state index contributed by atoms with van der Waals surface area (Å²) in [5.74, 6) is -0.335. The Morgan fingerprint density at radius 2 is 1.91 bits per heavy atom. The lowest BCUT2D eigenvalue weighted by Gasteiger charge is -2.24. The van der Waals surface area contributed by atoms with Crippen molar-refractivity contribution in [3.05, 3.63) is 59.1 Å². The van der Waals surface area contributed by atoms with Gasteiger partial charge in [0.1, 0.15) is 15.9 Å². The number of pyridine rings is 1. The van der Waals surface area contributed by atoms with Gasteiger partial charge in [-0.3, -0.25) is 0 Å². The number of aromatic nitrogens is 1. The number of hydrogen-bond acceptors (Lipinski definition) is 3. The van der Waals surface area contributed by atoms with Crippen LogP contribution in [0.2, 0.25) is 5.15 Å². The summed E-state index contributed by atoms with van der Waals surface area (Å²) in [7, 11) is -3.64. The Balaban J connectivity index is 1.95. The Kier molecular flexibility index (Phi) is 4.16. The van der Waals surface area contributed by atoms with Crippen LogP contribution in [0, 0.1) is 5.82 Å². The molecule has 1 aromatic heterocycles. The maximum Gasteiger partial charge on any atom is 0.245 e. The van der Waals surface area contributed by atoms with E-state index in [9.17, 15) is 12.8 Å². The van der Waals surface area contributed by atoms with E-state index in [1.165, 1.54) is 34.8 Å². The molecular weight excluding hydrogens is 327 g/mol. The van der Waals surface area contributed by atoms with Crippen LogP contribution in [0.25, 0.3) is 0 Å². The standard InChI is InChI=1S/C15H14ClFN2O2S/c16-15-8-7-13(10-18-15)22(20,21)19-9-1-2-14(19)11-3-5-12(17)6-4-11/h3-8,10,14H,1-2,9H2. The molecule has 0 N–H and O–H groups in total. The Labute approximate surface area is 133 Å². The van der Waals surface area contributed by atoms with Crippen LogP contribution in [0.4, 0.5) is 4.39 Å². The fraction of sp³-hybridized carbons (Fsp3) is 0.267. The van der Waals surface area contributed by atoms with Gasteiger partial charge in [0, 0.05) is 12.7 Å². The SMILES string of the molecule is O=S(=O)(c1ccc(Cl)nc1)N1CCCC1c1ccc(F)cc1. The van der Waals surface area contributed by atoms with Crippen LogP contribution < -0.4 is 0 Å². The van der Waals surface area contributed by atoms with Crippen molar-refractivity contribution in [2.75, 3.05) is 6.54 Å². The second-order valence-electron chi connectivity index (χ2n) is 5.14. The molecule has 1 saturated heterocycles. The summed E-state index contributed by atoms with van der Waals surface area (Å²) in [5, 5.41) is 0.246. The molecule has 0 amide bonds. The molecule has 0 aliphatic carbocycles. The molecule has 116 valence electrons. The number of rotatable bonds is 3. The van der Waals surface area contributed by atoms with Gasteiger partial charge in [-0.15, -0.1) is 0 Å². The number of hydrogen-bond donors (Lipinski definition) is 0. The summed E-state index contributed by atoms with van der Waals surface area (Å²) < 4.78 is 40.0. The van der Waals surface area contributed by atoms with E-state index < -0.39 is 10.0 Å².